The van der Waals surface area contributed by atoms with E-state index >= 15 is 0 Å². The summed E-state index contributed by atoms with van der Waals surface area (Å²) < 4.78 is 1.63. The van der Waals surface area contributed by atoms with Crippen LogP contribution in [0.3, 0.4) is 0 Å². The van der Waals surface area contributed by atoms with Crippen molar-refractivity contribution in [1.82, 2.24) is 24.5 Å². The van der Waals surface area contributed by atoms with Crippen LogP contribution < -0.4 is 0 Å². The summed E-state index contributed by atoms with van der Waals surface area (Å²) >= 11 is 1.54. The summed E-state index contributed by atoms with van der Waals surface area (Å²) in [5, 5.41) is 7.01. The van der Waals surface area contributed by atoms with Crippen LogP contribution in [0.15, 0.2) is 30.2 Å². The Balaban J connectivity index is 1.93. The summed E-state index contributed by atoms with van der Waals surface area (Å²) in [4.78, 5) is 22.9. The maximum atomic E-state index is 12.7. The first-order chi connectivity index (χ1) is 10.1. The number of nitrogens with zero attached hydrogens (tertiary/aromatic N) is 5. The Kier molecular flexibility index (Phi) is 3.42. The van der Waals surface area contributed by atoms with Crippen LogP contribution in [0.1, 0.15) is 33.9 Å². The third-order valence-electron chi connectivity index (χ3n) is 3.43. The monoisotopic (exact) mass is 301 g/mol. The molecule has 0 bridgehead atoms. The van der Waals surface area contributed by atoms with Gasteiger partial charge in [-0.2, -0.15) is 5.10 Å². The summed E-state index contributed by atoms with van der Waals surface area (Å²) in [5.41, 5.74) is 2.07. The van der Waals surface area contributed by atoms with Crippen LogP contribution in [0.25, 0.3) is 5.65 Å². The van der Waals surface area contributed by atoms with Crippen LogP contribution in [0.5, 0.6) is 0 Å². The number of hydrogen-bond acceptors (Lipinski definition) is 5. The van der Waals surface area contributed by atoms with E-state index in [2.05, 4.69) is 15.1 Å². The molecule has 6 nitrogen and oxygen atoms in total. The third-order valence-corrected chi connectivity index (χ3v) is 4.37. The van der Waals surface area contributed by atoms with E-state index in [4.69, 9.17) is 0 Å². The van der Waals surface area contributed by atoms with Crippen LogP contribution in [0.2, 0.25) is 0 Å². The highest BCUT2D eigenvalue weighted by Crippen LogP contribution is 2.23. The van der Waals surface area contributed by atoms with Crippen molar-refractivity contribution >= 4 is 22.9 Å². The zero-order valence-electron chi connectivity index (χ0n) is 12.0. The van der Waals surface area contributed by atoms with Gasteiger partial charge in [0, 0.05) is 31.0 Å². The molecule has 0 saturated carbocycles. The molecule has 7 heteroatoms. The first-order valence-electron chi connectivity index (χ1n) is 6.54. The van der Waals surface area contributed by atoms with Gasteiger partial charge in [0.05, 0.1) is 12.2 Å². The maximum absolute atomic E-state index is 12.7. The number of rotatable bonds is 3. The van der Waals surface area contributed by atoms with Gasteiger partial charge in [-0.25, -0.2) is 14.5 Å². The predicted octanol–water partition coefficient (Wildman–Crippen LogP) is 2.33. The Morgan fingerprint density at radius 3 is 2.90 bits per heavy atom. The highest BCUT2D eigenvalue weighted by Gasteiger charge is 2.23. The molecular weight excluding hydrogens is 286 g/mol. The molecule has 0 radical (unpaired) electrons. The van der Waals surface area contributed by atoms with Crippen LogP contribution >= 0.6 is 11.3 Å². The summed E-state index contributed by atoms with van der Waals surface area (Å²) in [7, 11) is 1.77. The second-order valence-corrected chi connectivity index (χ2v) is 5.85. The second-order valence-electron chi connectivity index (χ2n) is 4.92. The van der Waals surface area contributed by atoms with Gasteiger partial charge in [-0.15, -0.1) is 11.3 Å². The SMILES string of the molecule is Cc1cnc2c(C(=O)N(C)C(C)c3nccs3)cnn2c1. The Hall–Kier alpha value is -2.28. The lowest BCUT2D eigenvalue weighted by molar-refractivity contribution is 0.0744. The minimum Gasteiger partial charge on any atom is -0.332 e. The molecule has 0 N–H and O–H groups in total. The van der Waals surface area contributed by atoms with E-state index in [0.29, 0.717) is 11.2 Å². The first-order valence-corrected chi connectivity index (χ1v) is 7.42. The molecule has 3 aromatic rings. The van der Waals surface area contributed by atoms with Crippen molar-refractivity contribution in [2.45, 2.75) is 19.9 Å². The molecular formula is C14H15N5OS. The fourth-order valence-corrected chi connectivity index (χ4v) is 2.83. The molecule has 3 rings (SSSR count). The summed E-state index contributed by atoms with van der Waals surface area (Å²) in [6, 6.07) is -0.0853. The summed E-state index contributed by atoms with van der Waals surface area (Å²) in [6.45, 7) is 3.90. The maximum Gasteiger partial charge on any atom is 0.259 e. The minimum atomic E-state index is -0.107. The highest BCUT2D eigenvalue weighted by atomic mass is 32.1. The van der Waals surface area contributed by atoms with Crippen molar-refractivity contribution in [1.29, 1.82) is 0 Å². The summed E-state index contributed by atoms with van der Waals surface area (Å²) in [6.07, 6.45) is 6.89. The van der Waals surface area contributed by atoms with Gasteiger partial charge in [0.1, 0.15) is 10.6 Å². The quantitative estimate of drug-likeness (QED) is 0.745. The molecule has 1 atom stereocenters. The molecule has 1 amide bonds. The van der Waals surface area contributed by atoms with E-state index < -0.39 is 0 Å². The zero-order chi connectivity index (χ0) is 15.0. The van der Waals surface area contributed by atoms with Gasteiger partial charge in [-0.05, 0) is 19.4 Å². The number of aromatic nitrogens is 4. The smallest absolute Gasteiger partial charge is 0.259 e. The van der Waals surface area contributed by atoms with Gasteiger partial charge in [0.25, 0.3) is 5.91 Å². The molecule has 3 aromatic heterocycles. The third kappa shape index (κ3) is 2.40. The van der Waals surface area contributed by atoms with Gasteiger partial charge in [0.15, 0.2) is 5.65 Å². The van der Waals surface area contributed by atoms with Gasteiger partial charge in [0.2, 0.25) is 0 Å². The van der Waals surface area contributed by atoms with E-state index in [1.165, 1.54) is 11.3 Å². The van der Waals surface area contributed by atoms with Crippen molar-refractivity contribution in [2.75, 3.05) is 7.05 Å². The van der Waals surface area contributed by atoms with E-state index in [1.807, 2.05) is 25.4 Å². The van der Waals surface area contributed by atoms with E-state index in [9.17, 15) is 4.79 Å². The molecule has 108 valence electrons. The molecule has 3 heterocycles. The van der Waals surface area contributed by atoms with Gasteiger partial charge in [-0.3, -0.25) is 4.79 Å². The molecule has 0 aliphatic rings. The minimum absolute atomic E-state index is 0.0853. The molecule has 0 spiro atoms. The Morgan fingerprint density at radius 1 is 1.38 bits per heavy atom. The number of fused-ring (bicyclic) bond motifs is 1. The predicted molar refractivity (Wildman–Crippen MR) is 80.3 cm³/mol. The fourth-order valence-electron chi connectivity index (χ4n) is 2.09. The lowest BCUT2D eigenvalue weighted by Gasteiger charge is -2.22. The second kappa shape index (κ2) is 5.25. The van der Waals surface area contributed by atoms with Crippen molar-refractivity contribution < 1.29 is 4.79 Å². The highest BCUT2D eigenvalue weighted by molar-refractivity contribution is 7.09. The largest absolute Gasteiger partial charge is 0.332 e. The van der Waals surface area contributed by atoms with E-state index in [-0.39, 0.29) is 11.9 Å². The van der Waals surface area contributed by atoms with Crippen molar-refractivity contribution in [2.24, 2.45) is 0 Å². The lowest BCUT2D eigenvalue weighted by atomic mass is 10.2. The van der Waals surface area contributed by atoms with Crippen molar-refractivity contribution in [3.8, 4) is 0 Å². The molecule has 1 unspecified atom stereocenters. The molecule has 0 fully saturated rings. The Labute approximate surface area is 126 Å². The number of amides is 1. The van der Waals surface area contributed by atoms with E-state index in [0.717, 1.165) is 10.6 Å². The van der Waals surface area contributed by atoms with Gasteiger partial charge < -0.3 is 4.90 Å². The average molecular weight is 301 g/mol. The number of carbonyl (C=O) groups is 1. The van der Waals surface area contributed by atoms with Crippen LogP contribution in [0.4, 0.5) is 0 Å². The number of hydrogen-bond donors (Lipinski definition) is 0. The van der Waals surface area contributed by atoms with Crippen LogP contribution in [-0.4, -0.2) is 37.4 Å². The first kappa shape index (κ1) is 13.7. The topological polar surface area (TPSA) is 63.4 Å². The molecule has 0 aromatic carbocycles. The normalized spacial score (nSPS) is 12.5. The number of carbonyl (C=O) groups excluding carboxylic acids is 1. The van der Waals surface area contributed by atoms with Crippen molar-refractivity contribution in [3.63, 3.8) is 0 Å². The van der Waals surface area contributed by atoms with Gasteiger partial charge in [-0.1, -0.05) is 0 Å². The van der Waals surface area contributed by atoms with Crippen LogP contribution in [-0.2, 0) is 0 Å². The lowest BCUT2D eigenvalue weighted by Crippen LogP contribution is -2.29. The zero-order valence-corrected chi connectivity index (χ0v) is 12.8. The van der Waals surface area contributed by atoms with Gasteiger partial charge >= 0.3 is 0 Å². The Morgan fingerprint density at radius 2 is 2.19 bits per heavy atom. The van der Waals surface area contributed by atoms with Crippen LogP contribution in [0, 0.1) is 6.92 Å². The molecule has 0 aliphatic heterocycles. The van der Waals surface area contributed by atoms with E-state index in [1.54, 1.807) is 35.1 Å². The standard InChI is InChI=1S/C14H15N5OS/c1-9-6-16-12-11(7-17-19(12)8-9)14(20)18(3)10(2)13-15-4-5-21-13/h4-8,10H,1-3H3. The molecule has 0 saturated heterocycles. The average Bonchev–Trinajstić information content (AvgIpc) is 3.13. The Bertz CT molecular complexity index is 780. The fraction of sp³-hybridized carbons (Fsp3) is 0.286. The summed E-state index contributed by atoms with van der Waals surface area (Å²) in [5.74, 6) is -0.107. The molecule has 21 heavy (non-hydrogen) atoms. The molecule has 0 aliphatic carbocycles. The van der Waals surface area contributed by atoms with Crippen molar-refractivity contribution in [3.05, 3.63) is 46.3 Å². The number of thiazole rings is 1. The number of aryl methyl sites for hydroxylation is 1.